The Balaban J connectivity index is 2.49. The van der Waals surface area contributed by atoms with E-state index in [0.29, 0.717) is 12.4 Å². The Morgan fingerprint density at radius 3 is 2.70 bits per heavy atom. The van der Waals surface area contributed by atoms with Gasteiger partial charge in [0.1, 0.15) is 11.6 Å². The number of aromatic nitrogens is 2. The van der Waals surface area contributed by atoms with E-state index >= 15 is 0 Å². The molecule has 1 aromatic heterocycles. The zero-order valence-corrected chi connectivity index (χ0v) is 13.5. The van der Waals surface area contributed by atoms with Crippen LogP contribution in [0.3, 0.4) is 0 Å². The third-order valence-corrected chi connectivity index (χ3v) is 3.73. The number of benzene rings is 1. The van der Waals surface area contributed by atoms with E-state index in [1.54, 1.807) is 0 Å². The maximum atomic E-state index is 5.52. The van der Waals surface area contributed by atoms with Gasteiger partial charge >= 0.3 is 0 Å². The smallest absolute Gasteiger partial charge is 0.161 e. The molecule has 0 bridgehead atoms. The van der Waals surface area contributed by atoms with E-state index < -0.39 is 0 Å². The predicted molar refractivity (Wildman–Crippen MR) is 85.3 cm³/mol. The first kappa shape index (κ1) is 14.8. The lowest BCUT2D eigenvalue weighted by molar-refractivity contribution is 0.340. The van der Waals surface area contributed by atoms with Crippen LogP contribution in [0.4, 0.5) is 5.82 Å². The molecule has 1 N–H and O–H groups in total. The topological polar surface area (TPSA) is 47.0 Å². The summed E-state index contributed by atoms with van der Waals surface area (Å²) in [4.78, 5) is 9.16. The first-order valence-corrected chi connectivity index (χ1v) is 7.46. The summed E-state index contributed by atoms with van der Waals surface area (Å²) in [5.41, 5.74) is 1.94. The van der Waals surface area contributed by atoms with Crippen molar-refractivity contribution in [1.82, 2.24) is 9.97 Å². The Morgan fingerprint density at radius 2 is 2.05 bits per heavy atom. The Labute approximate surface area is 127 Å². The van der Waals surface area contributed by atoms with E-state index in [0.717, 1.165) is 33.7 Å². The molecule has 5 heteroatoms. The van der Waals surface area contributed by atoms with Crippen LogP contribution < -0.4 is 10.1 Å². The Hall–Kier alpha value is -1.62. The zero-order chi connectivity index (χ0) is 14.5. The molecule has 0 amide bonds. The Kier molecular flexibility index (Phi) is 4.95. The van der Waals surface area contributed by atoms with Crippen LogP contribution in [0.5, 0.6) is 5.75 Å². The van der Waals surface area contributed by atoms with E-state index in [2.05, 4.69) is 38.1 Å². The summed E-state index contributed by atoms with van der Waals surface area (Å²) in [6.45, 7) is 4.69. The third kappa shape index (κ3) is 3.10. The molecule has 106 valence electrons. The number of halogens is 1. The minimum absolute atomic E-state index is 0.645. The van der Waals surface area contributed by atoms with Crippen LogP contribution in [0, 0.1) is 0 Å². The largest absolute Gasteiger partial charge is 0.494 e. The predicted octanol–water partition coefficient (Wildman–Crippen LogP) is 3.91. The molecule has 0 spiro atoms. The lowest BCUT2D eigenvalue weighted by Crippen LogP contribution is -2.03. The summed E-state index contributed by atoms with van der Waals surface area (Å²) in [6.07, 6.45) is 0.843. The van der Waals surface area contributed by atoms with Crippen LogP contribution in [-0.2, 0) is 6.42 Å². The number of rotatable bonds is 5. The Morgan fingerprint density at radius 1 is 1.25 bits per heavy atom. The highest BCUT2D eigenvalue weighted by Crippen LogP contribution is 2.28. The number of hydrogen-bond acceptors (Lipinski definition) is 4. The quantitative estimate of drug-likeness (QED) is 0.899. The Bertz CT molecular complexity index is 576. The second-order valence-corrected chi connectivity index (χ2v) is 5.01. The number of nitrogens with one attached hydrogen (secondary N) is 1. The molecule has 0 aliphatic rings. The fourth-order valence-electron chi connectivity index (χ4n) is 1.91. The van der Waals surface area contributed by atoms with Gasteiger partial charge in [-0.25, -0.2) is 9.97 Å². The van der Waals surface area contributed by atoms with Gasteiger partial charge < -0.3 is 10.1 Å². The van der Waals surface area contributed by atoms with Crippen LogP contribution >= 0.6 is 15.9 Å². The molecule has 20 heavy (non-hydrogen) atoms. The minimum atomic E-state index is 0.645. The highest BCUT2D eigenvalue weighted by atomic mass is 79.9. The van der Waals surface area contributed by atoms with Crippen LogP contribution in [0.2, 0.25) is 0 Å². The average Bonchev–Trinajstić information content (AvgIpc) is 2.48. The van der Waals surface area contributed by atoms with Crippen molar-refractivity contribution < 1.29 is 4.74 Å². The third-order valence-electron chi connectivity index (χ3n) is 2.89. The van der Waals surface area contributed by atoms with E-state index in [4.69, 9.17) is 4.74 Å². The van der Waals surface area contributed by atoms with Crippen molar-refractivity contribution in [3.63, 3.8) is 0 Å². The van der Waals surface area contributed by atoms with Gasteiger partial charge in [0.05, 0.1) is 16.8 Å². The number of hydrogen-bond donors (Lipinski definition) is 1. The molecule has 0 radical (unpaired) electrons. The first-order chi connectivity index (χ1) is 9.69. The standard InChI is InChI=1S/C15H18BrN3O/c1-4-12-13(16)15(17-3)19-14(18-12)10-7-6-8-11(9-10)20-5-2/h6-9H,4-5H2,1-3H3,(H,17,18,19). The number of nitrogens with zero attached hydrogens (tertiary/aromatic N) is 2. The molecule has 1 aromatic carbocycles. The maximum Gasteiger partial charge on any atom is 0.161 e. The molecular formula is C15H18BrN3O. The molecule has 0 saturated heterocycles. The fourth-order valence-corrected chi connectivity index (χ4v) is 2.57. The van der Waals surface area contributed by atoms with Crippen molar-refractivity contribution in [3.05, 3.63) is 34.4 Å². The monoisotopic (exact) mass is 335 g/mol. The highest BCUT2D eigenvalue weighted by molar-refractivity contribution is 9.10. The van der Waals surface area contributed by atoms with E-state index in [1.807, 2.05) is 38.2 Å². The summed E-state index contributed by atoms with van der Waals surface area (Å²) in [5.74, 6) is 2.34. The van der Waals surface area contributed by atoms with Crippen LogP contribution in [0.15, 0.2) is 28.7 Å². The van der Waals surface area contributed by atoms with Gasteiger partial charge in [0, 0.05) is 12.6 Å². The van der Waals surface area contributed by atoms with Gasteiger partial charge in [-0.3, -0.25) is 0 Å². The van der Waals surface area contributed by atoms with Crippen LogP contribution in [0.25, 0.3) is 11.4 Å². The molecule has 0 aliphatic carbocycles. The van der Waals surface area contributed by atoms with Crippen molar-refractivity contribution in [2.24, 2.45) is 0 Å². The van der Waals surface area contributed by atoms with Gasteiger partial charge in [-0.15, -0.1) is 0 Å². The summed E-state index contributed by atoms with van der Waals surface area (Å²) in [5, 5.41) is 3.09. The van der Waals surface area contributed by atoms with E-state index in [9.17, 15) is 0 Å². The van der Waals surface area contributed by atoms with Crippen molar-refractivity contribution in [2.75, 3.05) is 19.0 Å². The molecule has 0 aliphatic heterocycles. The molecular weight excluding hydrogens is 318 g/mol. The van der Waals surface area contributed by atoms with Gasteiger partial charge in [0.15, 0.2) is 5.82 Å². The van der Waals surface area contributed by atoms with E-state index in [1.165, 1.54) is 0 Å². The van der Waals surface area contributed by atoms with Gasteiger partial charge in [-0.1, -0.05) is 19.1 Å². The molecule has 2 rings (SSSR count). The first-order valence-electron chi connectivity index (χ1n) is 6.67. The molecule has 1 heterocycles. The van der Waals surface area contributed by atoms with Gasteiger partial charge in [-0.2, -0.15) is 0 Å². The van der Waals surface area contributed by atoms with Crippen LogP contribution in [-0.4, -0.2) is 23.6 Å². The maximum absolute atomic E-state index is 5.52. The highest BCUT2D eigenvalue weighted by Gasteiger charge is 2.11. The number of ether oxygens (including phenoxy) is 1. The summed E-state index contributed by atoms with van der Waals surface area (Å²) in [6, 6.07) is 7.85. The lowest BCUT2D eigenvalue weighted by Gasteiger charge is -2.11. The van der Waals surface area contributed by atoms with Crippen molar-refractivity contribution in [1.29, 1.82) is 0 Å². The SMILES string of the molecule is CCOc1cccc(-c2nc(CC)c(Br)c(NC)n2)c1. The van der Waals surface area contributed by atoms with Crippen molar-refractivity contribution in [2.45, 2.75) is 20.3 Å². The zero-order valence-electron chi connectivity index (χ0n) is 11.9. The molecule has 2 aromatic rings. The van der Waals surface area contributed by atoms with E-state index in [-0.39, 0.29) is 0 Å². The summed E-state index contributed by atoms with van der Waals surface area (Å²) in [7, 11) is 1.85. The second-order valence-electron chi connectivity index (χ2n) is 4.22. The molecule has 0 saturated carbocycles. The average molecular weight is 336 g/mol. The molecule has 0 unspecified atom stereocenters. The molecule has 4 nitrogen and oxygen atoms in total. The number of anilines is 1. The van der Waals surface area contributed by atoms with Crippen molar-refractivity contribution in [3.8, 4) is 17.1 Å². The van der Waals surface area contributed by atoms with Crippen LogP contribution in [0.1, 0.15) is 19.5 Å². The number of aryl methyl sites for hydroxylation is 1. The fraction of sp³-hybridized carbons (Fsp3) is 0.333. The van der Waals surface area contributed by atoms with Gasteiger partial charge in [0.2, 0.25) is 0 Å². The normalized spacial score (nSPS) is 10.4. The lowest BCUT2D eigenvalue weighted by atomic mass is 10.2. The van der Waals surface area contributed by atoms with Crippen molar-refractivity contribution >= 4 is 21.7 Å². The van der Waals surface area contributed by atoms with Gasteiger partial charge in [0.25, 0.3) is 0 Å². The second kappa shape index (κ2) is 6.70. The minimum Gasteiger partial charge on any atom is -0.494 e. The molecule has 0 atom stereocenters. The van der Waals surface area contributed by atoms with Gasteiger partial charge in [-0.05, 0) is 41.4 Å². The molecule has 0 fully saturated rings. The summed E-state index contributed by atoms with van der Waals surface area (Å²) >= 11 is 3.54. The summed E-state index contributed by atoms with van der Waals surface area (Å²) < 4.78 is 6.45.